The molecule has 0 fully saturated rings. The molecule has 0 atom stereocenters. The van der Waals surface area contributed by atoms with Crippen molar-refractivity contribution < 1.29 is 0 Å². The van der Waals surface area contributed by atoms with Crippen LogP contribution in [0, 0.1) is 0 Å². The van der Waals surface area contributed by atoms with Crippen LogP contribution in [0.4, 0.5) is 11.5 Å². The minimum atomic E-state index is 0.675. The molecule has 1 aromatic heterocycles. The van der Waals surface area contributed by atoms with Crippen LogP contribution < -0.4 is 10.6 Å². The Balaban J connectivity index is 2.73. The summed E-state index contributed by atoms with van der Waals surface area (Å²) in [4.78, 5) is 6.38. The Hall–Kier alpha value is -1.48. The number of pyridine rings is 1. The maximum atomic E-state index is 5.94. The number of nitrogen functional groups attached to an aromatic ring is 1. The van der Waals surface area contributed by atoms with E-state index in [0.29, 0.717) is 10.7 Å². The largest absolute Gasteiger partial charge is 0.398 e. The quantitative estimate of drug-likeness (QED) is 0.805. The van der Waals surface area contributed by atoms with Crippen molar-refractivity contribution in [3.63, 3.8) is 0 Å². The lowest BCUT2D eigenvalue weighted by atomic mass is 10.2. The van der Waals surface area contributed by atoms with Crippen LogP contribution in [0.3, 0.4) is 0 Å². The zero-order valence-electron chi connectivity index (χ0n) is 8.66. The first-order valence-corrected chi connectivity index (χ1v) is 4.99. The number of fused-ring (bicyclic) bond motifs is 1. The Labute approximate surface area is 93.5 Å². The van der Waals surface area contributed by atoms with Crippen LogP contribution in [0.15, 0.2) is 24.3 Å². The molecule has 2 N–H and O–H groups in total. The molecule has 2 aromatic rings. The molecule has 15 heavy (non-hydrogen) atoms. The van der Waals surface area contributed by atoms with Crippen LogP contribution in [0.25, 0.3) is 10.9 Å². The van der Waals surface area contributed by atoms with Gasteiger partial charge in [-0.05, 0) is 18.2 Å². The summed E-state index contributed by atoms with van der Waals surface area (Å²) in [5.41, 5.74) is 7.50. The molecule has 78 valence electrons. The Morgan fingerprint density at radius 3 is 2.67 bits per heavy atom. The van der Waals surface area contributed by atoms with Crippen LogP contribution in [0.5, 0.6) is 0 Å². The van der Waals surface area contributed by atoms with Crippen LogP contribution in [-0.4, -0.2) is 19.1 Å². The molecule has 0 spiro atoms. The van der Waals surface area contributed by atoms with E-state index >= 15 is 0 Å². The first kappa shape index (κ1) is 10.1. The van der Waals surface area contributed by atoms with Crippen molar-refractivity contribution in [1.29, 1.82) is 0 Å². The maximum absolute atomic E-state index is 5.94. The SMILES string of the molecule is CN(C)c1cc(N)c2cc(Cl)ccc2n1. The monoisotopic (exact) mass is 221 g/mol. The molecule has 0 radical (unpaired) electrons. The molecule has 1 aromatic carbocycles. The molecule has 0 aliphatic carbocycles. The van der Waals surface area contributed by atoms with Crippen LogP contribution in [0.1, 0.15) is 0 Å². The fourth-order valence-electron chi connectivity index (χ4n) is 1.44. The van der Waals surface area contributed by atoms with Crippen molar-refractivity contribution >= 4 is 34.0 Å². The summed E-state index contributed by atoms with van der Waals surface area (Å²) in [6.45, 7) is 0. The van der Waals surface area contributed by atoms with Crippen LogP contribution in [-0.2, 0) is 0 Å². The molecule has 0 unspecified atom stereocenters. The van der Waals surface area contributed by atoms with E-state index in [0.717, 1.165) is 16.7 Å². The van der Waals surface area contributed by atoms with Gasteiger partial charge in [0.2, 0.25) is 0 Å². The number of halogens is 1. The number of nitrogens with zero attached hydrogens (tertiary/aromatic N) is 2. The Morgan fingerprint density at radius 2 is 2.00 bits per heavy atom. The van der Waals surface area contributed by atoms with E-state index in [2.05, 4.69) is 4.98 Å². The predicted octanol–water partition coefficient (Wildman–Crippen LogP) is 2.54. The van der Waals surface area contributed by atoms with E-state index in [-0.39, 0.29) is 0 Å². The van der Waals surface area contributed by atoms with E-state index in [9.17, 15) is 0 Å². The summed E-state index contributed by atoms with van der Waals surface area (Å²) in [5, 5.41) is 1.57. The smallest absolute Gasteiger partial charge is 0.130 e. The standard InChI is InChI=1S/C11H12ClN3/c1-15(2)11-6-9(13)8-5-7(12)3-4-10(8)14-11/h3-6H,1-2H3,(H2,13,14). The van der Waals surface area contributed by atoms with Gasteiger partial charge in [-0.15, -0.1) is 0 Å². The van der Waals surface area contributed by atoms with Gasteiger partial charge in [-0.1, -0.05) is 11.6 Å². The summed E-state index contributed by atoms with van der Waals surface area (Å²) in [5.74, 6) is 0.849. The van der Waals surface area contributed by atoms with Crippen molar-refractivity contribution in [2.75, 3.05) is 24.7 Å². The van der Waals surface area contributed by atoms with Gasteiger partial charge in [-0.25, -0.2) is 4.98 Å². The summed E-state index contributed by atoms with van der Waals surface area (Å²) >= 11 is 5.90. The van der Waals surface area contributed by atoms with Gasteiger partial charge >= 0.3 is 0 Å². The highest BCUT2D eigenvalue weighted by Gasteiger charge is 2.04. The van der Waals surface area contributed by atoms with Gasteiger partial charge in [0, 0.05) is 36.3 Å². The maximum Gasteiger partial charge on any atom is 0.130 e. The molecule has 4 heteroatoms. The molecule has 0 bridgehead atoms. The average molecular weight is 222 g/mol. The lowest BCUT2D eigenvalue weighted by molar-refractivity contribution is 1.08. The van der Waals surface area contributed by atoms with E-state index < -0.39 is 0 Å². The van der Waals surface area contributed by atoms with Gasteiger partial charge in [-0.2, -0.15) is 0 Å². The number of hydrogen-bond donors (Lipinski definition) is 1. The summed E-state index contributed by atoms with van der Waals surface area (Å²) < 4.78 is 0. The molecule has 0 amide bonds. The summed E-state index contributed by atoms with van der Waals surface area (Å²) in [6.07, 6.45) is 0. The van der Waals surface area contributed by atoms with Crippen molar-refractivity contribution in [2.45, 2.75) is 0 Å². The minimum absolute atomic E-state index is 0.675. The number of anilines is 2. The molecule has 3 nitrogen and oxygen atoms in total. The lowest BCUT2D eigenvalue weighted by Crippen LogP contribution is -2.11. The van der Waals surface area contributed by atoms with Crippen LogP contribution in [0.2, 0.25) is 5.02 Å². The second-order valence-electron chi connectivity index (χ2n) is 3.63. The van der Waals surface area contributed by atoms with Gasteiger partial charge in [-0.3, -0.25) is 0 Å². The fraction of sp³-hybridized carbons (Fsp3) is 0.182. The molecule has 0 saturated heterocycles. The first-order valence-electron chi connectivity index (χ1n) is 4.61. The van der Waals surface area contributed by atoms with E-state index in [1.165, 1.54) is 0 Å². The van der Waals surface area contributed by atoms with E-state index in [1.54, 1.807) is 0 Å². The molecule has 0 aliphatic heterocycles. The van der Waals surface area contributed by atoms with Gasteiger partial charge in [0.25, 0.3) is 0 Å². The summed E-state index contributed by atoms with van der Waals surface area (Å²) in [6, 6.07) is 7.37. The molecule has 2 rings (SSSR count). The van der Waals surface area contributed by atoms with Gasteiger partial charge < -0.3 is 10.6 Å². The zero-order chi connectivity index (χ0) is 11.0. The van der Waals surface area contributed by atoms with Gasteiger partial charge in [0.15, 0.2) is 0 Å². The van der Waals surface area contributed by atoms with Gasteiger partial charge in [0.05, 0.1) is 5.52 Å². The number of rotatable bonds is 1. The predicted molar refractivity (Wildman–Crippen MR) is 65.5 cm³/mol. The zero-order valence-corrected chi connectivity index (χ0v) is 9.42. The average Bonchev–Trinajstić information content (AvgIpc) is 2.18. The second kappa shape index (κ2) is 3.59. The third kappa shape index (κ3) is 1.83. The number of hydrogen-bond acceptors (Lipinski definition) is 3. The lowest BCUT2D eigenvalue weighted by Gasteiger charge is -2.13. The Kier molecular flexibility index (Phi) is 2.40. The minimum Gasteiger partial charge on any atom is -0.398 e. The third-order valence-electron chi connectivity index (χ3n) is 2.25. The summed E-state index contributed by atoms with van der Waals surface area (Å²) in [7, 11) is 3.87. The van der Waals surface area contributed by atoms with Crippen molar-refractivity contribution in [3.05, 3.63) is 29.3 Å². The number of aromatic nitrogens is 1. The molecule has 1 heterocycles. The van der Waals surface area contributed by atoms with Gasteiger partial charge in [0.1, 0.15) is 5.82 Å². The molecular formula is C11H12ClN3. The normalized spacial score (nSPS) is 10.6. The highest BCUT2D eigenvalue weighted by atomic mass is 35.5. The number of nitrogens with two attached hydrogens (primary N) is 1. The number of benzene rings is 1. The molecule has 0 aliphatic rings. The topological polar surface area (TPSA) is 42.1 Å². The Morgan fingerprint density at radius 1 is 1.27 bits per heavy atom. The van der Waals surface area contributed by atoms with Crippen molar-refractivity contribution in [1.82, 2.24) is 4.98 Å². The van der Waals surface area contributed by atoms with E-state index in [4.69, 9.17) is 17.3 Å². The Bertz CT molecular complexity index is 508. The highest BCUT2D eigenvalue weighted by Crippen LogP contribution is 2.26. The molecule has 0 saturated carbocycles. The van der Waals surface area contributed by atoms with Crippen molar-refractivity contribution in [2.24, 2.45) is 0 Å². The highest BCUT2D eigenvalue weighted by molar-refractivity contribution is 6.31. The van der Waals surface area contributed by atoms with Crippen molar-refractivity contribution in [3.8, 4) is 0 Å². The first-order chi connectivity index (χ1) is 7.08. The van der Waals surface area contributed by atoms with E-state index in [1.807, 2.05) is 43.3 Å². The fourth-order valence-corrected chi connectivity index (χ4v) is 1.61. The third-order valence-corrected chi connectivity index (χ3v) is 2.48. The second-order valence-corrected chi connectivity index (χ2v) is 4.06. The van der Waals surface area contributed by atoms with Crippen LogP contribution >= 0.6 is 11.6 Å². The molecular weight excluding hydrogens is 210 g/mol.